The zero-order valence-corrected chi connectivity index (χ0v) is 12.8. The van der Waals surface area contributed by atoms with Crippen LogP contribution in [0.4, 0.5) is 0 Å². The van der Waals surface area contributed by atoms with Crippen molar-refractivity contribution < 1.29 is 14.3 Å². The van der Waals surface area contributed by atoms with E-state index in [-0.39, 0.29) is 11.5 Å². The number of amides is 1. The van der Waals surface area contributed by atoms with Gasteiger partial charge in [-0.25, -0.2) is 0 Å². The standard InChI is InChI=1S/C15H28N2O3/c1-19-10-9-17(12-13-5-3-8-16-13)14(18)11-15(20-2)6-4-7-15/h13,16H,3-12H2,1-2H3. The van der Waals surface area contributed by atoms with Crippen LogP contribution in [0.2, 0.25) is 0 Å². The molecule has 1 amide bonds. The van der Waals surface area contributed by atoms with Crippen LogP contribution in [0.5, 0.6) is 0 Å². The summed E-state index contributed by atoms with van der Waals surface area (Å²) in [6, 6.07) is 0.440. The number of carbonyl (C=O) groups excluding carboxylic acids is 1. The first-order chi connectivity index (χ1) is 9.69. The van der Waals surface area contributed by atoms with Gasteiger partial charge >= 0.3 is 0 Å². The fraction of sp³-hybridized carbons (Fsp3) is 0.933. The number of nitrogens with one attached hydrogen (secondary N) is 1. The van der Waals surface area contributed by atoms with Gasteiger partial charge in [0, 0.05) is 33.4 Å². The molecule has 5 nitrogen and oxygen atoms in total. The van der Waals surface area contributed by atoms with E-state index in [1.807, 2.05) is 4.90 Å². The first-order valence-corrected chi connectivity index (χ1v) is 7.74. The highest BCUT2D eigenvalue weighted by molar-refractivity contribution is 5.77. The zero-order valence-electron chi connectivity index (χ0n) is 12.8. The van der Waals surface area contributed by atoms with E-state index >= 15 is 0 Å². The molecule has 0 aromatic rings. The number of carbonyl (C=O) groups is 1. The van der Waals surface area contributed by atoms with Gasteiger partial charge in [-0.3, -0.25) is 4.79 Å². The minimum Gasteiger partial charge on any atom is -0.383 e. The maximum Gasteiger partial charge on any atom is 0.225 e. The Hall–Kier alpha value is -0.650. The molecule has 116 valence electrons. The number of methoxy groups -OCH3 is 2. The number of hydrogen-bond donors (Lipinski definition) is 1. The molecule has 0 radical (unpaired) electrons. The van der Waals surface area contributed by atoms with E-state index in [0.717, 1.165) is 32.4 Å². The summed E-state index contributed by atoms with van der Waals surface area (Å²) in [6.45, 7) is 3.13. The van der Waals surface area contributed by atoms with Gasteiger partial charge in [-0.2, -0.15) is 0 Å². The van der Waals surface area contributed by atoms with Crippen LogP contribution >= 0.6 is 0 Å². The Bertz CT molecular complexity index is 307. The maximum atomic E-state index is 12.6. The summed E-state index contributed by atoms with van der Waals surface area (Å²) in [4.78, 5) is 14.5. The smallest absolute Gasteiger partial charge is 0.225 e. The lowest BCUT2D eigenvalue weighted by atomic mass is 9.77. The Kier molecular flexibility index (Phi) is 5.81. The third-order valence-corrected chi connectivity index (χ3v) is 4.69. The third-order valence-electron chi connectivity index (χ3n) is 4.69. The number of nitrogens with zero attached hydrogens (tertiary/aromatic N) is 1. The Morgan fingerprint density at radius 2 is 2.15 bits per heavy atom. The average Bonchev–Trinajstić information content (AvgIpc) is 2.91. The molecule has 1 aliphatic carbocycles. The van der Waals surface area contributed by atoms with Gasteiger partial charge < -0.3 is 19.7 Å². The van der Waals surface area contributed by atoms with E-state index in [0.29, 0.717) is 25.6 Å². The molecule has 20 heavy (non-hydrogen) atoms. The van der Waals surface area contributed by atoms with Crippen molar-refractivity contribution in [2.75, 3.05) is 40.5 Å². The van der Waals surface area contributed by atoms with E-state index in [1.165, 1.54) is 12.8 Å². The van der Waals surface area contributed by atoms with Gasteiger partial charge in [0.05, 0.1) is 18.6 Å². The van der Waals surface area contributed by atoms with Crippen LogP contribution in [0.3, 0.4) is 0 Å². The minimum atomic E-state index is -0.189. The van der Waals surface area contributed by atoms with Gasteiger partial charge in [0.2, 0.25) is 5.91 Å². The van der Waals surface area contributed by atoms with Crippen LogP contribution in [0.25, 0.3) is 0 Å². The van der Waals surface area contributed by atoms with Crippen molar-refractivity contribution in [2.45, 2.75) is 50.2 Å². The van der Waals surface area contributed by atoms with Crippen molar-refractivity contribution in [2.24, 2.45) is 0 Å². The van der Waals surface area contributed by atoms with Gasteiger partial charge in [-0.15, -0.1) is 0 Å². The number of rotatable bonds is 8. The van der Waals surface area contributed by atoms with Crippen molar-refractivity contribution in [3.8, 4) is 0 Å². The molecule has 1 N–H and O–H groups in total. The second-order valence-electron chi connectivity index (χ2n) is 6.04. The van der Waals surface area contributed by atoms with Crippen LogP contribution in [-0.2, 0) is 14.3 Å². The fourth-order valence-corrected chi connectivity index (χ4v) is 3.11. The Balaban J connectivity index is 1.88. The molecule has 0 aromatic heterocycles. The lowest BCUT2D eigenvalue weighted by Crippen LogP contribution is -2.48. The fourth-order valence-electron chi connectivity index (χ4n) is 3.11. The van der Waals surface area contributed by atoms with Crippen molar-refractivity contribution in [3.05, 3.63) is 0 Å². The summed E-state index contributed by atoms with van der Waals surface area (Å²) >= 11 is 0. The van der Waals surface area contributed by atoms with E-state index in [1.54, 1.807) is 14.2 Å². The first-order valence-electron chi connectivity index (χ1n) is 7.74. The average molecular weight is 284 g/mol. The van der Waals surface area contributed by atoms with Crippen molar-refractivity contribution >= 4 is 5.91 Å². The van der Waals surface area contributed by atoms with Gasteiger partial charge in [-0.1, -0.05) is 0 Å². The lowest BCUT2D eigenvalue weighted by molar-refractivity contribution is -0.145. The van der Waals surface area contributed by atoms with Crippen molar-refractivity contribution in [3.63, 3.8) is 0 Å². The second-order valence-corrected chi connectivity index (χ2v) is 6.04. The molecule has 1 aliphatic heterocycles. The molecular formula is C15H28N2O3. The maximum absolute atomic E-state index is 12.6. The normalized spacial score (nSPS) is 24.4. The summed E-state index contributed by atoms with van der Waals surface area (Å²) in [5.74, 6) is 0.206. The highest BCUT2D eigenvalue weighted by Crippen LogP contribution is 2.38. The summed E-state index contributed by atoms with van der Waals surface area (Å²) < 4.78 is 10.7. The molecule has 2 aliphatic rings. The number of ether oxygens (including phenoxy) is 2. The molecule has 0 bridgehead atoms. The van der Waals surface area contributed by atoms with E-state index in [2.05, 4.69) is 5.32 Å². The first kappa shape index (κ1) is 15.7. The van der Waals surface area contributed by atoms with Crippen LogP contribution in [0.15, 0.2) is 0 Å². The highest BCUT2D eigenvalue weighted by Gasteiger charge is 2.40. The Labute approximate surface area is 122 Å². The van der Waals surface area contributed by atoms with Gasteiger partial charge in [0.1, 0.15) is 0 Å². The molecule has 0 aromatic carbocycles. The quantitative estimate of drug-likeness (QED) is 0.727. The van der Waals surface area contributed by atoms with E-state index < -0.39 is 0 Å². The van der Waals surface area contributed by atoms with Gasteiger partial charge in [-0.05, 0) is 38.6 Å². The van der Waals surface area contributed by atoms with E-state index in [4.69, 9.17) is 9.47 Å². The minimum absolute atomic E-state index is 0.189. The predicted molar refractivity (Wildman–Crippen MR) is 77.7 cm³/mol. The molecule has 1 unspecified atom stereocenters. The van der Waals surface area contributed by atoms with Crippen LogP contribution < -0.4 is 5.32 Å². The van der Waals surface area contributed by atoms with Crippen LogP contribution in [0.1, 0.15) is 38.5 Å². The highest BCUT2D eigenvalue weighted by atomic mass is 16.5. The van der Waals surface area contributed by atoms with Crippen molar-refractivity contribution in [1.82, 2.24) is 10.2 Å². The molecule has 1 saturated carbocycles. The Morgan fingerprint density at radius 3 is 2.65 bits per heavy atom. The topological polar surface area (TPSA) is 50.8 Å². The van der Waals surface area contributed by atoms with Crippen LogP contribution in [0, 0.1) is 0 Å². The molecule has 1 heterocycles. The summed E-state index contributed by atoms with van der Waals surface area (Å²) in [6.07, 6.45) is 6.07. The second kappa shape index (κ2) is 7.38. The zero-order chi connectivity index (χ0) is 14.4. The lowest BCUT2D eigenvalue weighted by Gasteiger charge is -2.41. The molecule has 2 fully saturated rings. The van der Waals surface area contributed by atoms with Gasteiger partial charge in [0.25, 0.3) is 0 Å². The van der Waals surface area contributed by atoms with Gasteiger partial charge in [0.15, 0.2) is 0 Å². The molecule has 2 rings (SSSR count). The third kappa shape index (κ3) is 3.93. The molecule has 0 spiro atoms. The largest absolute Gasteiger partial charge is 0.383 e. The molecule has 1 atom stereocenters. The molecule has 5 heteroatoms. The Morgan fingerprint density at radius 1 is 1.35 bits per heavy atom. The predicted octanol–water partition coefficient (Wildman–Crippen LogP) is 1.17. The molecular weight excluding hydrogens is 256 g/mol. The molecule has 1 saturated heterocycles. The SMILES string of the molecule is COCCN(CC1CCCN1)C(=O)CC1(OC)CCC1. The summed E-state index contributed by atoms with van der Waals surface area (Å²) in [5.41, 5.74) is -0.189. The monoisotopic (exact) mass is 284 g/mol. The van der Waals surface area contributed by atoms with Crippen LogP contribution in [-0.4, -0.2) is 62.9 Å². The van der Waals surface area contributed by atoms with E-state index in [9.17, 15) is 4.79 Å². The van der Waals surface area contributed by atoms with Crippen molar-refractivity contribution in [1.29, 1.82) is 0 Å². The summed E-state index contributed by atoms with van der Waals surface area (Å²) in [7, 11) is 3.41. The number of hydrogen-bond acceptors (Lipinski definition) is 4. The summed E-state index contributed by atoms with van der Waals surface area (Å²) in [5, 5.41) is 3.46.